The van der Waals surface area contributed by atoms with E-state index < -0.39 is 10.0 Å². The fourth-order valence-electron chi connectivity index (χ4n) is 3.58. The third-order valence-corrected chi connectivity index (χ3v) is 7.47. The smallest absolute Gasteiger partial charge is 0.262 e. The molecular formula is C22H25N3O5S. The van der Waals surface area contributed by atoms with E-state index in [2.05, 4.69) is 17.1 Å². The highest BCUT2D eigenvalue weighted by molar-refractivity contribution is 7.89. The van der Waals surface area contributed by atoms with E-state index in [0.717, 1.165) is 12.8 Å². The van der Waals surface area contributed by atoms with Crippen molar-refractivity contribution in [1.29, 1.82) is 0 Å². The van der Waals surface area contributed by atoms with Gasteiger partial charge in [-0.05, 0) is 55.2 Å². The van der Waals surface area contributed by atoms with Crippen LogP contribution in [0.25, 0.3) is 22.8 Å². The SMILES string of the molecule is COc1ccc(-c2nc(-c3ccc(S(=O)(=O)N4CCC(C)CC4)cc3)no2)c(OC)c1. The molecule has 0 amide bonds. The van der Waals surface area contributed by atoms with Crippen LogP contribution in [0.15, 0.2) is 51.9 Å². The second-order valence-corrected chi connectivity index (χ2v) is 9.54. The average molecular weight is 444 g/mol. The first-order chi connectivity index (χ1) is 14.9. The van der Waals surface area contributed by atoms with Crippen LogP contribution in [0.5, 0.6) is 11.5 Å². The highest BCUT2D eigenvalue weighted by Gasteiger charge is 2.28. The minimum absolute atomic E-state index is 0.270. The van der Waals surface area contributed by atoms with Crippen LogP contribution in [0.1, 0.15) is 19.8 Å². The Kier molecular flexibility index (Phi) is 5.97. The molecule has 0 unspecified atom stereocenters. The van der Waals surface area contributed by atoms with Gasteiger partial charge >= 0.3 is 0 Å². The van der Waals surface area contributed by atoms with Crippen molar-refractivity contribution in [2.45, 2.75) is 24.7 Å². The van der Waals surface area contributed by atoms with Crippen LogP contribution >= 0.6 is 0 Å². The molecule has 0 atom stereocenters. The van der Waals surface area contributed by atoms with Crippen LogP contribution < -0.4 is 9.47 Å². The first-order valence-electron chi connectivity index (χ1n) is 10.1. The predicted molar refractivity (Wildman–Crippen MR) is 115 cm³/mol. The normalized spacial score (nSPS) is 15.7. The minimum Gasteiger partial charge on any atom is -0.497 e. The molecule has 0 N–H and O–H groups in total. The Bertz CT molecular complexity index is 1150. The quantitative estimate of drug-likeness (QED) is 0.571. The van der Waals surface area contributed by atoms with Gasteiger partial charge in [0.05, 0.1) is 24.7 Å². The molecule has 0 saturated carbocycles. The summed E-state index contributed by atoms with van der Waals surface area (Å²) in [5, 5.41) is 4.04. The van der Waals surface area contributed by atoms with Gasteiger partial charge in [-0.3, -0.25) is 0 Å². The van der Waals surface area contributed by atoms with Crippen molar-refractivity contribution in [3.63, 3.8) is 0 Å². The molecule has 1 fully saturated rings. The van der Waals surface area contributed by atoms with Gasteiger partial charge in [0.15, 0.2) is 0 Å². The number of methoxy groups -OCH3 is 2. The molecule has 1 aromatic heterocycles. The highest BCUT2D eigenvalue weighted by atomic mass is 32.2. The van der Waals surface area contributed by atoms with Crippen molar-refractivity contribution in [2.75, 3.05) is 27.3 Å². The fourth-order valence-corrected chi connectivity index (χ4v) is 5.05. The molecule has 0 bridgehead atoms. The second kappa shape index (κ2) is 8.68. The number of sulfonamides is 1. The van der Waals surface area contributed by atoms with Gasteiger partial charge < -0.3 is 14.0 Å². The topological polar surface area (TPSA) is 94.8 Å². The lowest BCUT2D eigenvalue weighted by atomic mass is 10.0. The van der Waals surface area contributed by atoms with Crippen LogP contribution in [-0.4, -0.2) is 50.2 Å². The maximum atomic E-state index is 12.9. The van der Waals surface area contributed by atoms with Gasteiger partial charge in [-0.1, -0.05) is 12.1 Å². The minimum atomic E-state index is -3.50. The molecule has 4 rings (SSSR count). The lowest BCUT2D eigenvalue weighted by Crippen LogP contribution is -2.37. The number of aromatic nitrogens is 2. The number of nitrogens with zero attached hydrogens (tertiary/aromatic N) is 3. The van der Waals surface area contributed by atoms with Crippen molar-refractivity contribution in [1.82, 2.24) is 14.4 Å². The van der Waals surface area contributed by atoms with Gasteiger partial charge in [0.1, 0.15) is 11.5 Å². The van der Waals surface area contributed by atoms with Crippen molar-refractivity contribution < 1.29 is 22.4 Å². The van der Waals surface area contributed by atoms with Crippen LogP contribution in [0.2, 0.25) is 0 Å². The summed E-state index contributed by atoms with van der Waals surface area (Å²) in [6.07, 6.45) is 1.77. The van der Waals surface area contributed by atoms with Crippen molar-refractivity contribution in [3.05, 3.63) is 42.5 Å². The predicted octanol–water partition coefficient (Wildman–Crippen LogP) is 3.84. The van der Waals surface area contributed by atoms with Gasteiger partial charge in [-0.2, -0.15) is 9.29 Å². The molecule has 1 saturated heterocycles. The number of hydrogen-bond donors (Lipinski definition) is 0. The molecule has 0 aliphatic carbocycles. The molecule has 2 aromatic carbocycles. The Morgan fingerprint density at radius 2 is 1.74 bits per heavy atom. The Morgan fingerprint density at radius 3 is 2.39 bits per heavy atom. The second-order valence-electron chi connectivity index (χ2n) is 7.60. The molecule has 8 nitrogen and oxygen atoms in total. The lowest BCUT2D eigenvalue weighted by molar-refractivity contribution is 0.288. The van der Waals surface area contributed by atoms with Gasteiger partial charge in [0.25, 0.3) is 5.89 Å². The lowest BCUT2D eigenvalue weighted by Gasteiger charge is -2.29. The zero-order chi connectivity index (χ0) is 22.0. The summed E-state index contributed by atoms with van der Waals surface area (Å²) in [5.74, 6) is 2.43. The van der Waals surface area contributed by atoms with Crippen LogP contribution in [-0.2, 0) is 10.0 Å². The standard InChI is InChI=1S/C22H25N3O5S/c1-15-10-12-25(13-11-15)31(26,27)18-7-4-16(5-8-18)21-23-22(30-24-21)19-9-6-17(28-2)14-20(19)29-3/h4-9,14-15H,10-13H2,1-3H3. The third kappa shape index (κ3) is 4.28. The Morgan fingerprint density at radius 1 is 1.03 bits per heavy atom. The molecular weight excluding hydrogens is 418 g/mol. The molecule has 31 heavy (non-hydrogen) atoms. The summed E-state index contributed by atoms with van der Waals surface area (Å²) in [6, 6.07) is 11.9. The summed E-state index contributed by atoms with van der Waals surface area (Å²) in [7, 11) is -0.366. The molecule has 0 radical (unpaired) electrons. The fraction of sp³-hybridized carbons (Fsp3) is 0.364. The van der Waals surface area contributed by atoms with E-state index in [4.69, 9.17) is 14.0 Å². The molecule has 1 aliphatic heterocycles. The highest BCUT2D eigenvalue weighted by Crippen LogP contribution is 2.33. The first-order valence-corrected chi connectivity index (χ1v) is 11.5. The van der Waals surface area contributed by atoms with E-state index >= 15 is 0 Å². The molecule has 1 aliphatic rings. The van der Waals surface area contributed by atoms with Gasteiger partial charge in [-0.15, -0.1) is 0 Å². The van der Waals surface area contributed by atoms with Gasteiger partial charge in [0, 0.05) is 24.7 Å². The van der Waals surface area contributed by atoms with E-state index in [1.54, 1.807) is 61.0 Å². The van der Waals surface area contributed by atoms with Crippen molar-refractivity contribution in [3.8, 4) is 34.3 Å². The monoisotopic (exact) mass is 443 g/mol. The molecule has 164 valence electrons. The molecule has 9 heteroatoms. The van der Waals surface area contributed by atoms with E-state index in [1.165, 1.54) is 0 Å². The zero-order valence-electron chi connectivity index (χ0n) is 17.7. The Labute approximate surface area is 181 Å². The Hall–Kier alpha value is -2.91. The Balaban J connectivity index is 1.56. The van der Waals surface area contributed by atoms with Gasteiger partial charge in [-0.25, -0.2) is 8.42 Å². The summed E-state index contributed by atoms with van der Waals surface area (Å²) in [4.78, 5) is 4.72. The van der Waals surface area contributed by atoms with Crippen molar-refractivity contribution >= 4 is 10.0 Å². The van der Waals surface area contributed by atoms with E-state index in [1.807, 2.05) is 0 Å². The number of hydrogen-bond acceptors (Lipinski definition) is 7. The molecule has 3 aromatic rings. The summed E-state index contributed by atoms with van der Waals surface area (Å²) in [6.45, 7) is 3.27. The maximum Gasteiger partial charge on any atom is 0.262 e. The molecule has 0 spiro atoms. The molecule has 2 heterocycles. The summed E-state index contributed by atoms with van der Waals surface area (Å²) in [5.41, 5.74) is 1.30. The van der Waals surface area contributed by atoms with Gasteiger partial charge in [0.2, 0.25) is 15.8 Å². The summed E-state index contributed by atoms with van der Waals surface area (Å²) >= 11 is 0. The van der Waals surface area contributed by atoms with Crippen LogP contribution in [0.3, 0.4) is 0 Å². The van der Waals surface area contributed by atoms with Crippen LogP contribution in [0, 0.1) is 5.92 Å². The average Bonchev–Trinajstić information content (AvgIpc) is 3.29. The first kappa shape index (κ1) is 21.3. The third-order valence-electron chi connectivity index (χ3n) is 5.56. The zero-order valence-corrected chi connectivity index (χ0v) is 18.6. The number of rotatable bonds is 6. The number of ether oxygens (including phenoxy) is 2. The van der Waals surface area contributed by atoms with E-state index in [0.29, 0.717) is 53.3 Å². The number of benzene rings is 2. The maximum absolute atomic E-state index is 12.9. The van der Waals surface area contributed by atoms with Crippen LogP contribution in [0.4, 0.5) is 0 Å². The number of piperidine rings is 1. The largest absolute Gasteiger partial charge is 0.497 e. The van der Waals surface area contributed by atoms with E-state index in [9.17, 15) is 8.42 Å². The summed E-state index contributed by atoms with van der Waals surface area (Å²) < 4.78 is 43.4. The van der Waals surface area contributed by atoms with Crippen molar-refractivity contribution in [2.24, 2.45) is 5.92 Å². The van der Waals surface area contributed by atoms with E-state index in [-0.39, 0.29) is 4.90 Å².